The molecule has 1 unspecified atom stereocenters. The first-order valence-corrected chi connectivity index (χ1v) is 13.0. The third-order valence-electron chi connectivity index (χ3n) is 6.02. The van der Waals surface area contributed by atoms with Gasteiger partial charge in [0.15, 0.2) is 0 Å². The van der Waals surface area contributed by atoms with Crippen LogP contribution in [-0.2, 0) is 4.79 Å². The molecule has 0 rings (SSSR count). The molecule has 0 aromatic heterocycles. The molecule has 0 saturated carbocycles. The number of carbonyl (C=O) groups excluding carboxylic acids is 1. The Balaban J connectivity index is 3.30. The largest absolute Gasteiger partial charge is 0.353 e. The second kappa shape index (κ2) is 22.8. The van der Waals surface area contributed by atoms with Crippen LogP contribution in [-0.4, -0.2) is 11.9 Å². The summed E-state index contributed by atoms with van der Waals surface area (Å²) < 4.78 is 0. The fraction of sp³-hybridized carbons (Fsp3) is 0.962. The molecule has 1 amide bonds. The lowest BCUT2D eigenvalue weighted by Crippen LogP contribution is -2.34. The van der Waals surface area contributed by atoms with Crippen LogP contribution in [0.15, 0.2) is 0 Å². The standard InChI is InChI=1S/C26H53NO/c1-4-7-9-10-11-12-13-14-15-16-17-18-19-20-22-24-26(28)27-25(6-3)23-21-8-5-2/h25H,4-24H2,1-3H3,(H,27,28). The van der Waals surface area contributed by atoms with E-state index < -0.39 is 0 Å². The number of unbranched alkanes of at least 4 members (excludes halogenated alkanes) is 16. The van der Waals surface area contributed by atoms with Gasteiger partial charge in [0.05, 0.1) is 0 Å². The van der Waals surface area contributed by atoms with Gasteiger partial charge in [-0.1, -0.05) is 130 Å². The summed E-state index contributed by atoms with van der Waals surface area (Å²) in [5, 5.41) is 3.24. The number of hydrogen-bond donors (Lipinski definition) is 1. The van der Waals surface area contributed by atoms with E-state index in [1.165, 1.54) is 109 Å². The minimum atomic E-state index is 0.276. The Bertz CT molecular complexity index is 316. The highest BCUT2D eigenvalue weighted by atomic mass is 16.1. The summed E-state index contributed by atoms with van der Waals surface area (Å²) in [4.78, 5) is 12.1. The van der Waals surface area contributed by atoms with Gasteiger partial charge in [-0.3, -0.25) is 4.79 Å². The Morgan fingerprint density at radius 1 is 0.571 bits per heavy atom. The van der Waals surface area contributed by atoms with Crippen molar-refractivity contribution in [3.8, 4) is 0 Å². The van der Waals surface area contributed by atoms with Gasteiger partial charge in [0.2, 0.25) is 5.91 Å². The number of carbonyl (C=O) groups is 1. The second-order valence-corrected chi connectivity index (χ2v) is 8.87. The smallest absolute Gasteiger partial charge is 0.220 e. The lowest BCUT2D eigenvalue weighted by molar-refractivity contribution is -0.122. The minimum absolute atomic E-state index is 0.276. The van der Waals surface area contributed by atoms with Gasteiger partial charge in [0.25, 0.3) is 0 Å². The number of rotatable bonds is 22. The highest BCUT2D eigenvalue weighted by Gasteiger charge is 2.09. The first kappa shape index (κ1) is 27.5. The van der Waals surface area contributed by atoms with Crippen molar-refractivity contribution < 1.29 is 4.79 Å². The maximum atomic E-state index is 12.1. The van der Waals surface area contributed by atoms with E-state index >= 15 is 0 Å². The summed E-state index contributed by atoms with van der Waals surface area (Å²) >= 11 is 0. The number of amides is 1. The lowest BCUT2D eigenvalue weighted by Gasteiger charge is -2.16. The van der Waals surface area contributed by atoms with Crippen LogP contribution in [0.2, 0.25) is 0 Å². The van der Waals surface area contributed by atoms with E-state index in [-0.39, 0.29) is 5.91 Å². The molecule has 0 fully saturated rings. The third kappa shape index (κ3) is 20.2. The Morgan fingerprint density at radius 3 is 1.39 bits per heavy atom. The number of hydrogen-bond acceptors (Lipinski definition) is 1. The first-order valence-electron chi connectivity index (χ1n) is 13.0. The van der Waals surface area contributed by atoms with Crippen LogP contribution in [0.3, 0.4) is 0 Å². The normalized spacial score (nSPS) is 12.2. The highest BCUT2D eigenvalue weighted by molar-refractivity contribution is 5.76. The van der Waals surface area contributed by atoms with E-state index in [0.29, 0.717) is 6.04 Å². The molecule has 168 valence electrons. The molecule has 2 heteroatoms. The zero-order chi connectivity index (χ0) is 20.7. The molecule has 0 spiro atoms. The van der Waals surface area contributed by atoms with Crippen molar-refractivity contribution in [2.24, 2.45) is 0 Å². The van der Waals surface area contributed by atoms with E-state index in [9.17, 15) is 4.79 Å². The molecule has 1 N–H and O–H groups in total. The lowest BCUT2D eigenvalue weighted by atomic mass is 10.0. The van der Waals surface area contributed by atoms with Crippen molar-refractivity contribution in [1.82, 2.24) is 5.32 Å². The van der Waals surface area contributed by atoms with Crippen LogP contribution in [0, 0.1) is 0 Å². The predicted octanol–water partition coefficient (Wildman–Crippen LogP) is 8.72. The summed E-state index contributed by atoms with van der Waals surface area (Å²) in [5.74, 6) is 0.276. The SMILES string of the molecule is CCCCCCCCCCCCCCCCCC(=O)NC(CC)CCCCC. The van der Waals surface area contributed by atoms with Crippen LogP contribution < -0.4 is 5.32 Å². The van der Waals surface area contributed by atoms with E-state index in [2.05, 4.69) is 26.1 Å². The predicted molar refractivity (Wildman–Crippen MR) is 126 cm³/mol. The number of nitrogens with one attached hydrogen (secondary N) is 1. The molecular formula is C26H53NO. The van der Waals surface area contributed by atoms with Crippen LogP contribution in [0.5, 0.6) is 0 Å². The van der Waals surface area contributed by atoms with E-state index in [1.54, 1.807) is 0 Å². The van der Waals surface area contributed by atoms with Gasteiger partial charge >= 0.3 is 0 Å². The molecule has 28 heavy (non-hydrogen) atoms. The zero-order valence-electron chi connectivity index (χ0n) is 19.8. The molecule has 2 nitrogen and oxygen atoms in total. The van der Waals surface area contributed by atoms with Crippen LogP contribution in [0.25, 0.3) is 0 Å². The van der Waals surface area contributed by atoms with E-state index in [0.717, 1.165) is 25.7 Å². The van der Waals surface area contributed by atoms with Gasteiger partial charge in [0, 0.05) is 12.5 Å². The Morgan fingerprint density at radius 2 is 0.964 bits per heavy atom. The molecule has 0 saturated heterocycles. The average Bonchev–Trinajstić information content (AvgIpc) is 2.70. The Hall–Kier alpha value is -0.530. The quantitative estimate of drug-likeness (QED) is 0.182. The molecule has 0 aliphatic rings. The first-order chi connectivity index (χ1) is 13.7. The summed E-state index contributed by atoms with van der Waals surface area (Å²) in [5.41, 5.74) is 0. The highest BCUT2D eigenvalue weighted by Crippen LogP contribution is 2.14. The molecule has 0 heterocycles. The van der Waals surface area contributed by atoms with Crippen LogP contribution in [0.1, 0.15) is 156 Å². The van der Waals surface area contributed by atoms with Crippen LogP contribution in [0.4, 0.5) is 0 Å². The van der Waals surface area contributed by atoms with Crippen molar-refractivity contribution in [2.45, 2.75) is 162 Å². The molecule has 0 aromatic rings. The second-order valence-electron chi connectivity index (χ2n) is 8.87. The van der Waals surface area contributed by atoms with Crippen molar-refractivity contribution >= 4 is 5.91 Å². The summed E-state index contributed by atoms with van der Waals surface area (Å²) in [6.45, 7) is 6.70. The third-order valence-corrected chi connectivity index (χ3v) is 6.02. The molecule has 1 atom stereocenters. The van der Waals surface area contributed by atoms with Gasteiger partial charge in [-0.15, -0.1) is 0 Å². The van der Waals surface area contributed by atoms with Crippen molar-refractivity contribution in [3.05, 3.63) is 0 Å². The fourth-order valence-electron chi connectivity index (χ4n) is 3.98. The van der Waals surface area contributed by atoms with Gasteiger partial charge < -0.3 is 5.32 Å². The fourth-order valence-corrected chi connectivity index (χ4v) is 3.98. The Labute approximate surface area is 178 Å². The van der Waals surface area contributed by atoms with E-state index in [1.807, 2.05) is 0 Å². The average molecular weight is 396 g/mol. The summed E-state index contributed by atoms with van der Waals surface area (Å²) in [7, 11) is 0. The Kier molecular flexibility index (Phi) is 22.3. The van der Waals surface area contributed by atoms with Crippen molar-refractivity contribution in [3.63, 3.8) is 0 Å². The zero-order valence-corrected chi connectivity index (χ0v) is 19.8. The van der Waals surface area contributed by atoms with Crippen molar-refractivity contribution in [1.29, 1.82) is 0 Å². The molecule has 0 aromatic carbocycles. The van der Waals surface area contributed by atoms with Crippen LogP contribution >= 0.6 is 0 Å². The van der Waals surface area contributed by atoms with E-state index in [4.69, 9.17) is 0 Å². The molecular weight excluding hydrogens is 342 g/mol. The van der Waals surface area contributed by atoms with Gasteiger partial charge in [-0.2, -0.15) is 0 Å². The van der Waals surface area contributed by atoms with Crippen molar-refractivity contribution in [2.75, 3.05) is 0 Å². The van der Waals surface area contributed by atoms with Gasteiger partial charge in [0.1, 0.15) is 0 Å². The van der Waals surface area contributed by atoms with Gasteiger partial charge in [-0.05, 0) is 19.3 Å². The minimum Gasteiger partial charge on any atom is -0.353 e. The monoisotopic (exact) mass is 395 g/mol. The molecule has 0 radical (unpaired) electrons. The molecule has 0 bridgehead atoms. The van der Waals surface area contributed by atoms with Gasteiger partial charge in [-0.25, -0.2) is 0 Å². The molecule has 0 aliphatic heterocycles. The topological polar surface area (TPSA) is 29.1 Å². The maximum absolute atomic E-state index is 12.1. The molecule has 0 aliphatic carbocycles. The maximum Gasteiger partial charge on any atom is 0.220 e. The summed E-state index contributed by atoms with van der Waals surface area (Å²) in [6.07, 6.45) is 27.3. The summed E-state index contributed by atoms with van der Waals surface area (Å²) in [6, 6.07) is 0.399.